The lowest BCUT2D eigenvalue weighted by atomic mass is 9.95. The van der Waals surface area contributed by atoms with Crippen LogP contribution in [-0.2, 0) is 29.5 Å². The molecule has 28 heavy (non-hydrogen) atoms. The van der Waals surface area contributed by atoms with Gasteiger partial charge in [-0.3, -0.25) is 4.79 Å². The molecule has 0 spiro atoms. The number of fused-ring (bicyclic) bond motifs is 1. The molecule has 0 radical (unpaired) electrons. The van der Waals surface area contributed by atoms with Crippen molar-refractivity contribution < 1.29 is 9.53 Å². The zero-order valence-electron chi connectivity index (χ0n) is 16.7. The molecule has 0 unspecified atom stereocenters. The Morgan fingerprint density at radius 2 is 2.04 bits per heavy atom. The first-order valence-electron chi connectivity index (χ1n) is 9.98. The Hall–Kier alpha value is -2.60. The average molecular weight is 380 g/mol. The number of benzene rings is 1. The molecule has 0 N–H and O–H groups in total. The lowest BCUT2D eigenvalue weighted by Crippen LogP contribution is -2.39. The number of likely N-dealkylation sites (tertiary alicyclic amines) is 1. The van der Waals surface area contributed by atoms with Gasteiger partial charge in [0.05, 0.1) is 13.0 Å². The van der Waals surface area contributed by atoms with E-state index in [0.29, 0.717) is 18.9 Å². The first kappa shape index (κ1) is 18.7. The number of amides is 1. The van der Waals surface area contributed by atoms with Crippen molar-refractivity contribution in [2.75, 3.05) is 26.8 Å². The Kier molecular flexibility index (Phi) is 5.48. The third kappa shape index (κ3) is 3.69. The van der Waals surface area contributed by atoms with Crippen LogP contribution in [0.4, 0.5) is 0 Å². The van der Waals surface area contributed by atoms with Crippen LogP contribution >= 0.6 is 0 Å². The maximum atomic E-state index is 12.9. The molecule has 148 valence electrons. The fourth-order valence-corrected chi connectivity index (χ4v) is 4.29. The quantitative estimate of drug-likeness (QED) is 0.661. The number of hydrogen-bond donors (Lipinski definition) is 0. The summed E-state index contributed by atoms with van der Waals surface area (Å²) in [5, 5.41) is 1.17. The van der Waals surface area contributed by atoms with Crippen molar-refractivity contribution in [1.82, 2.24) is 19.0 Å². The minimum Gasteiger partial charge on any atom is -0.383 e. The summed E-state index contributed by atoms with van der Waals surface area (Å²) in [5.74, 6) is 1.75. The van der Waals surface area contributed by atoms with Crippen molar-refractivity contribution in [3.63, 3.8) is 0 Å². The third-order valence-corrected chi connectivity index (χ3v) is 5.82. The zero-order chi connectivity index (χ0) is 19.5. The summed E-state index contributed by atoms with van der Waals surface area (Å²) < 4.78 is 9.48. The third-order valence-electron chi connectivity index (χ3n) is 5.82. The number of methoxy groups -OCH3 is 1. The molecule has 1 fully saturated rings. The average Bonchev–Trinajstić information content (AvgIpc) is 3.31. The first-order valence-corrected chi connectivity index (χ1v) is 9.98. The van der Waals surface area contributed by atoms with Crippen LogP contribution in [0.1, 0.15) is 30.1 Å². The number of hydrogen-bond acceptors (Lipinski definition) is 3. The molecule has 1 aromatic carbocycles. The van der Waals surface area contributed by atoms with Gasteiger partial charge >= 0.3 is 0 Å². The van der Waals surface area contributed by atoms with E-state index in [1.165, 1.54) is 10.9 Å². The van der Waals surface area contributed by atoms with E-state index in [1.807, 2.05) is 36.5 Å². The summed E-state index contributed by atoms with van der Waals surface area (Å²) in [5.41, 5.74) is 2.28. The Morgan fingerprint density at radius 3 is 2.82 bits per heavy atom. The molecular formula is C22H28N4O2. The van der Waals surface area contributed by atoms with E-state index < -0.39 is 0 Å². The highest BCUT2D eigenvalue weighted by Crippen LogP contribution is 2.28. The van der Waals surface area contributed by atoms with Gasteiger partial charge in [0.15, 0.2) is 0 Å². The molecule has 6 heteroatoms. The number of carbonyl (C=O) groups excluding carboxylic acids is 1. The van der Waals surface area contributed by atoms with E-state index in [9.17, 15) is 4.79 Å². The van der Waals surface area contributed by atoms with E-state index >= 15 is 0 Å². The number of aromatic nitrogens is 3. The topological polar surface area (TPSA) is 52.3 Å². The van der Waals surface area contributed by atoms with E-state index in [0.717, 1.165) is 43.9 Å². The van der Waals surface area contributed by atoms with Gasteiger partial charge in [-0.05, 0) is 24.5 Å². The molecule has 3 heterocycles. The van der Waals surface area contributed by atoms with Gasteiger partial charge in [0.25, 0.3) is 0 Å². The molecule has 0 aliphatic carbocycles. The van der Waals surface area contributed by atoms with Gasteiger partial charge in [-0.25, -0.2) is 4.98 Å². The van der Waals surface area contributed by atoms with Gasteiger partial charge in [-0.15, -0.1) is 0 Å². The van der Waals surface area contributed by atoms with Gasteiger partial charge < -0.3 is 18.8 Å². The molecule has 0 bridgehead atoms. The number of piperidine rings is 1. The highest BCUT2D eigenvalue weighted by atomic mass is 16.5. The Balaban J connectivity index is 1.38. The second kappa shape index (κ2) is 8.19. The molecule has 3 aromatic rings. The number of imidazole rings is 1. The van der Waals surface area contributed by atoms with Crippen molar-refractivity contribution >= 4 is 16.8 Å². The number of ether oxygens (including phenoxy) is 1. The van der Waals surface area contributed by atoms with Crippen LogP contribution in [-0.4, -0.2) is 51.7 Å². The predicted octanol–water partition coefficient (Wildman–Crippen LogP) is 2.97. The molecule has 1 saturated heterocycles. The maximum absolute atomic E-state index is 12.9. The van der Waals surface area contributed by atoms with Gasteiger partial charge in [-0.1, -0.05) is 18.2 Å². The van der Waals surface area contributed by atoms with Crippen molar-refractivity contribution in [1.29, 1.82) is 0 Å². The highest BCUT2D eigenvalue weighted by molar-refractivity contribution is 5.89. The molecule has 1 amide bonds. The SMILES string of the molecule is COCCn1ccnc1C1CCN(C(=O)Cc2cn(C)c3ccccc23)CC1. The lowest BCUT2D eigenvalue weighted by Gasteiger charge is -2.32. The smallest absolute Gasteiger partial charge is 0.227 e. The second-order valence-electron chi connectivity index (χ2n) is 7.59. The van der Waals surface area contributed by atoms with Gasteiger partial charge in [-0.2, -0.15) is 0 Å². The first-order chi connectivity index (χ1) is 13.7. The maximum Gasteiger partial charge on any atom is 0.227 e. The van der Waals surface area contributed by atoms with Crippen LogP contribution in [0.3, 0.4) is 0 Å². The van der Waals surface area contributed by atoms with E-state index in [4.69, 9.17) is 4.74 Å². The molecule has 0 atom stereocenters. The van der Waals surface area contributed by atoms with Crippen LogP contribution in [0.2, 0.25) is 0 Å². The summed E-state index contributed by atoms with van der Waals surface area (Å²) in [6, 6.07) is 8.27. The number of aryl methyl sites for hydroxylation is 1. The summed E-state index contributed by atoms with van der Waals surface area (Å²) >= 11 is 0. The predicted molar refractivity (Wildman–Crippen MR) is 109 cm³/mol. The van der Waals surface area contributed by atoms with Crippen LogP contribution in [0.15, 0.2) is 42.9 Å². The molecule has 4 rings (SSSR count). The number of carbonyl (C=O) groups is 1. The zero-order valence-corrected chi connectivity index (χ0v) is 16.7. The summed E-state index contributed by atoms with van der Waals surface area (Å²) in [6.07, 6.45) is 8.36. The van der Waals surface area contributed by atoms with Crippen molar-refractivity contribution in [2.24, 2.45) is 7.05 Å². The second-order valence-corrected chi connectivity index (χ2v) is 7.59. The molecule has 6 nitrogen and oxygen atoms in total. The van der Waals surface area contributed by atoms with Gasteiger partial charge in [0, 0.05) is 69.2 Å². The number of rotatable bonds is 6. The van der Waals surface area contributed by atoms with Crippen molar-refractivity contribution in [3.8, 4) is 0 Å². The molecule has 2 aromatic heterocycles. The standard InChI is InChI=1S/C22H28N4O2/c1-24-16-18(19-5-3-4-6-20(19)24)15-21(27)25-10-7-17(8-11-25)22-23-9-12-26(22)13-14-28-2/h3-6,9,12,16-17H,7-8,10-11,13-15H2,1-2H3. The molecule has 0 saturated carbocycles. The summed E-state index contributed by atoms with van der Waals surface area (Å²) in [4.78, 5) is 19.5. The Labute approximate surface area is 165 Å². The van der Waals surface area contributed by atoms with Crippen LogP contribution in [0.25, 0.3) is 10.9 Å². The van der Waals surface area contributed by atoms with E-state index in [-0.39, 0.29) is 5.91 Å². The fraction of sp³-hybridized carbons (Fsp3) is 0.455. The van der Waals surface area contributed by atoms with Crippen LogP contribution in [0, 0.1) is 0 Å². The van der Waals surface area contributed by atoms with Crippen molar-refractivity contribution in [2.45, 2.75) is 31.7 Å². The normalized spacial score (nSPS) is 15.4. The summed E-state index contributed by atoms with van der Waals surface area (Å²) in [7, 11) is 3.75. The van der Waals surface area contributed by atoms with Gasteiger partial charge in [0.1, 0.15) is 5.82 Å². The molecule has 1 aliphatic heterocycles. The number of para-hydroxylation sites is 1. The Morgan fingerprint density at radius 1 is 1.25 bits per heavy atom. The lowest BCUT2D eigenvalue weighted by molar-refractivity contribution is -0.131. The van der Waals surface area contributed by atoms with Crippen LogP contribution in [0.5, 0.6) is 0 Å². The van der Waals surface area contributed by atoms with E-state index in [1.54, 1.807) is 7.11 Å². The Bertz CT molecular complexity index is 951. The van der Waals surface area contributed by atoms with Crippen molar-refractivity contribution in [3.05, 3.63) is 54.2 Å². The molecule has 1 aliphatic rings. The minimum atomic E-state index is 0.220. The van der Waals surface area contributed by atoms with Crippen LogP contribution < -0.4 is 0 Å². The van der Waals surface area contributed by atoms with E-state index in [2.05, 4.69) is 32.4 Å². The minimum absolute atomic E-state index is 0.220. The number of nitrogens with zero attached hydrogens (tertiary/aromatic N) is 4. The highest BCUT2D eigenvalue weighted by Gasteiger charge is 2.26. The largest absolute Gasteiger partial charge is 0.383 e. The molecular weight excluding hydrogens is 352 g/mol. The fourth-order valence-electron chi connectivity index (χ4n) is 4.29. The summed E-state index contributed by atoms with van der Waals surface area (Å²) in [6.45, 7) is 3.11. The van der Waals surface area contributed by atoms with Gasteiger partial charge in [0.2, 0.25) is 5.91 Å². The monoisotopic (exact) mass is 380 g/mol.